The average molecular weight is 376 g/mol. The van der Waals surface area contributed by atoms with E-state index in [1.54, 1.807) is 30.3 Å². The molecule has 0 bridgehead atoms. The number of phenolic OH excluding ortho intramolecular Hbond substituents is 1. The molecule has 26 heavy (non-hydrogen) atoms. The number of anilines is 1. The zero-order chi connectivity index (χ0) is 18.9. The molecule has 1 aliphatic heterocycles. The van der Waals surface area contributed by atoms with Gasteiger partial charge in [0.1, 0.15) is 11.4 Å². The first kappa shape index (κ1) is 17.6. The van der Waals surface area contributed by atoms with Crippen LogP contribution in [0.15, 0.2) is 54.5 Å². The molecule has 2 aromatic carbocycles. The number of nitrogens with zero attached hydrogens (tertiary/aromatic N) is 1. The Morgan fingerprint density at radius 1 is 1.08 bits per heavy atom. The third-order valence-corrected chi connectivity index (χ3v) is 5.15. The van der Waals surface area contributed by atoms with Crippen molar-refractivity contribution in [2.24, 2.45) is 0 Å². The van der Waals surface area contributed by atoms with Gasteiger partial charge >= 0.3 is 16.2 Å². The maximum Gasteiger partial charge on any atom is 0.330 e. The summed E-state index contributed by atoms with van der Waals surface area (Å²) in [6, 6.07) is 11.5. The van der Waals surface area contributed by atoms with Crippen LogP contribution in [-0.4, -0.2) is 29.7 Å². The average Bonchev–Trinajstić information content (AvgIpc) is 2.81. The third kappa shape index (κ3) is 3.57. The van der Waals surface area contributed by atoms with Gasteiger partial charge in [0.25, 0.3) is 0 Å². The Bertz CT molecular complexity index is 1000. The molecule has 0 amide bonds. The first-order valence-corrected chi connectivity index (χ1v) is 9.04. The van der Waals surface area contributed by atoms with Crippen LogP contribution in [0.1, 0.15) is 16.7 Å². The van der Waals surface area contributed by atoms with Crippen molar-refractivity contribution < 1.29 is 28.5 Å². The van der Waals surface area contributed by atoms with Gasteiger partial charge in [0.2, 0.25) is 5.88 Å². The topological polar surface area (TPSA) is 127 Å². The van der Waals surface area contributed by atoms with E-state index in [4.69, 9.17) is 5.11 Å². The van der Waals surface area contributed by atoms with Crippen LogP contribution in [0.25, 0.3) is 0 Å². The predicted octanol–water partition coefficient (Wildman–Crippen LogP) is 1.62. The van der Waals surface area contributed by atoms with Crippen LogP contribution >= 0.6 is 0 Å². The van der Waals surface area contributed by atoms with E-state index in [9.17, 15) is 23.4 Å². The summed E-state index contributed by atoms with van der Waals surface area (Å²) in [7, 11) is -3.99. The number of aliphatic hydroxyl groups is 1. The number of benzene rings is 2. The number of aliphatic hydroxyl groups excluding tert-OH is 1. The number of aliphatic carboxylic acids is 1. The number of carboxylic acid groups (broad SMARTS) is 1. The minimum atomic E-state index is -3.99. The molecule has 8 nitrogen and oxygen atoms in total. The molecule has 0 atom stereocenters. The first-order chi connectivity index (χ1) is 12.3. The SMILES string of the molecule is O=C(O)Cc1ccccc1Cc1ccc(N2C=C(O)NS2(=O)=O)c(O)c1. The summed E-state index contributed by atoms with van der Waals surface area (Å²) in [5, 5.41) is 28.6. The van der Waals surface area contributed by atoms with Gasteiger partial charge in [0, 0.05) is 0 Å². The summed E-state index contributed by atoms with van der Waals surface area (Å²) in [5.74, 6) is -1.76. The zero-order valence-electron chi connectivity index (χ0n) is 13.5. The van der Waals surface area contributed by atoms with Gasteiger partial charge in [-0.1, -0.05) is 30.3 Å². The van der Waals surface area contributed by atoms with E-state index in [0.717, 1.165) is 16.1 Å². The van der Waals surface area contributed by atoms with Crippen molar-refractivity contribution in [3.8, 4) is 5.75 Å². The van der Waals surface area contributed by atoms with E-state index < -0.39 is 22.1 Å². The molecule has 2 aromatic rings. The van der Waals surface area contributed by atoms with Gasteiger partial charge in [-0.15, -0.1) is 0 Å². The second-order valence-corrected chi connectivity index (χ2v) is 7.30. The molecule has 1 heterocycles. The molecule has 0 unspecified atom stereocenters. The monoisotopic (exact) mass is 376 g/mol. The van der Waals surface area contributed by atoms with Crippen molar-refractivity contribution in [2.75, 3.05) is 4.31 Å². The summed E-state index contributed by atoms with van der Waals surface area (Å²) in [6.07, 6.45) is 1.22. The van der Waals surface area contributed by atoms with Gasteiger partial charge in [0.15, 0.2) is 0 Å². The number of phenols is 1. The highest BCUT2D eigenvalue weighted by atomic mass is 32.2. The highest BCUT2D eigenvalue weighted by molar-refractivity contribution is 7.91. The largest absolute Gasteiger partial charge is 0.506 e. The fourth-order valence-corrected chi connectivity index (χ4v) is 3.81. The van der Waals surface area contributed by atoms with Gasteiger partial charge in [-0.3, -0.25) is 4.79 Å². The van der Waals surface area contributed by atoms with Crippen LogP contribution in [0.3, 0.4) is 0 Å². The summed E-state index contributed by atoms with van der Waals surface area (Å²) < 4.78 is 26.4. The zero-order valence-corrected chi connectivity index (χ0v) is 14.3. The molecule has 136 valence electrons. The minimum Gasteiger partial charge on any atom is -0.506 e. The second kappa shape index (κ2) is 6.60. The smallest absolute Gasteiger partial charge is 0.330 e. The molecule has 0 spiro atoms. The van der Waals surface area contributed by atoms with Crippen molar-refractivity contribution in [3.63, 3.8) is 0 Å². The van der Waals surface area contributed by atoms with Crippen LogP contribution < -0.4 is 9.03 Å². The standard InChI is InChI=1S/C17H16N2O6S/c20-15-8-11(7-12-3-1-2-4-13(12)9-17(22)23)5-6-14(15)19-10-16(21)18-26(19,24)25/h1-6,8,10,18,20-21H,7,9H2,(H,22,23). The first-order valence-electron chi connectivity index (χ1n) is 7.60. The molecule has 1 aliphatic rings. The van der Waals surface area contributed by atoms with E-state index >= 15 is 0 Å². The second-order valence-electron chi connectivity index (χ2n) is 5.76. The lowest BCUT2D eigenvalue weighted by Gasteiger charge is -2.16. The highest BCUT2D eigenvalue weighted by Crippen LogP contribution is 2.33. The normalized spacial score (nSPS) is 15.4. The minimum absolute atomic E-state index is 0.0101. The van der Waals surface area contributed by atoms with Gasteiger partial charge in [0.05, 0.1) is 12.6 Å². The Morgan fingerprint density at radius 3 is 2.35 bits per heavy atom. The van der Waals surface area contributed by atoms with E-state index in [-0.39, 0.29) is 17.9 Å². The molecule has 0 radical (unpaired) electrons. The maximum atomic E-state index is 11.9. The summed E-state index contributed by atoms with van der Waals surface area (Å²) in [6.45, 7) is 0. The number of carboxylic acids is 1. The lowest BCUT2D eigenvalue weighted by Crippen LogP contribution is -2.29. The fraction of sp³-hybridized carbons (Fsp3) is 0.118. The molecule has 0 aromatic heterocycles. The van der Waals surface area contributed by atoms with Gasteiger partial charge < -0.3 is 15.3 Å². The lowest BCUT2D eigenvalue weighted by molar-refractivity contribution is -0.136. The molecular formula is C17H16N2O6S. The van der Waals surface area contributed by atoms with Crippen molar-refractivity contribution in [1.29, 1.82) is 0 Å². The van der Waals surface area contributed by atoms with E-state index in [1.165, 1.54) is 12.1 Å². The van der Waals surface area contributed by atoms with Gasteiger partial charge in [-0.05, 0) is 35.2 Å². The van der Waals surface area contributed by atoms with Crippen molar-refractivity contribution in [2.45, 2.75) is 12.8 Å². The summed E-state index contributed by atoms with van der Waals surface area (Å²) in [5.41, 5.74) is 2.14. The number of hydrogen-bond acceptors (Lipinski definition) is 5. The molecule has 0 saturated carbocycles. The van der Waals surface area contributed by atoms with E-state index in [0.29, 0.717) is 17.5 Å². The van der Waals surface area contributed by atoms with Crippen LogP contribution in [-0.2, 0) is 27.8 Å². The molecule has 3 rings (SSSR count). The molecule has 0 fully saturated rings. The van der Waals surface area contributed by atoms with Crippen LogP contribution in [0.2, 0.25) is 0 Å². The Morgan fingerprint density at radius 2 is 1.77 bits per heavy atom. The Kier molecular flexibility index (Phi) is 4.47. The lowest BCUT2D eigenvalue weighted by atomic mass is 9.97. The van der Waals surface area contributed by atoms with E-state index in [2.05, 4.69) is 0 Å². The number of rotatable bonds is 5. The van der Waals surface area contributed by atoms with Crippen molar-refractivity contribution in [3.05, 3.63) is 71.2 Å². The predicted molar refractivity (Wildman–Crippen MR) is 93.9 cm³/mol. The maximum absolute atomic E-state index is 11.9. The Hall–Kier alpha value is -3.20. The summed E-state index contributed by atoms with van der Waals surface area (Å²) >= 11 is 0. The number of carbonyl (C=O) groups is 1. The molecule has 9 heteroatoms. The van der Waals surface area contributed by atoms with Crippen LogP contribution in [0.5, 0.6) is 5.75 Å². The quantitative estimate of drug-likeness (QED) is 0.628. The van der Waals surface area contributed by atoms with Gasteiger partial charge in [-0.25, -0.2) is 9.03 Å². The van der Waals surface area contributed by atoms with Crippen LogP contribution in [0.4, 0.5) is 5.69 Å². The van der Waals surface area contributed by atoms with Gasteiger partial charge in [-0.2, -0.15) is 8.42 Å². The van der Waals surface area contributed by atoms with Crippen molar-refractivity contribution >= 4 is 21.9 Å². The third-order valence-electron chi connectivity index (χ3n) is 3.86. The number of hydrogen-bond donors (Lipinski definition) is 4. The molecule has 0 saturated heterocycles. The molecular weight excluding hydrogens is 360 g/mol. The highest BCUT2D eigenvalue weighted by Gasteiger charge is 2.30. The Balaban J connectivity index is 1.89. The molecule has 4 N–H and O–H groups in total. The molecule has 0 aliphatic carbocycles. The summed E-state index contributed by atoms with van der Waals surface area (Å²) in [4.78, 5) is 11.0. The Labute approximate surface area is 149 Å². The van der Waals surface area contributed by atoms with Crippen LogP contribution in [0, 0.1) is 0 Å². The van der Waals surface area contributed by atoms with Crippen molar-refractivity contribution in [1.82, 2.24) is 4.72 Å². The van der Waals surface area contributed by atoms with E-state index in [1.807, 2.05) is 4.72 Å². The number of aromatic hydroxyl groups is 1. The fourth-order valence-electron chi connectivity index (χ4n) is 2.74. The number of nitrogens with one attached hydrogen (secondary N) is 1.